The minimum absolute atomic E-state index is 0. The summed E-state index contributed by atoms with van der Waals surface area (Å²) in [6.45, 7) is 4.62. The first-order valence-corrected chi connectivity index (χ1v) is 8.42. The van der Waals surface area contributed by atoms with Crippen LogP contribution >= 0.6 is 24.0 Å². The van der Waals surface area contributed by atoms with E-state index in [1.165, 1.54) is 10.6 Å². The maximum atomic E-state index is 12.2. The van der Waals surface area contributed by atoms with E-state index in [-0.39, 0.29) is 23.9 Å². The van der Waals surface area contributed by atoms with Crippen molar-refractivity contribution in [2.45, 2.75) is 19.9 Å². The second-order valence-corrected chi connectivity index (χ2v) is 5.89. The molecule has 1 heterocycles. The standard InChI is InChI=1S/C18H22ClN3O2.ClH/c1-2-9-20-10-11-21-18(24)15-7-8-17(23)22(13-15)12-14-5-3-4-6-16(14)19;/h3-8,13,20H,2,9-12H2,1H3,(H,21,24);1H. The van der Waals surface area contributed by atoms with Crippen molar-refractivity contribution in [1.82, 2.24) is 15.2 Å². The first-order chi connectivity index (χ1) is 11.6. The fraction of sp³-hybridized carbons (Fsp3) is 0.333. The lowest BCUT2D eigenvalue weighted by Gasteiger charge is -2.10. The maximum Gasteiger partial charge on any atom is 0.252 e. The van der Waals surface area contributed by atoms with Gasteiger partial charge in [0.15, 0.2) is 0 Å². The van der Waals surface area contributed by atoms with Crippen LogP contribution < -0.4 is 16.2 Å². The van der Waals surface area contributed by atoms with E-state index in [1.54, 1.807) is 18.3 Å². The summed E-state index contributed by atoms with van der Waals surface area (Å²) in [5.74, 6) is -0.193. The van der Waals surface area contributed by atoms with Gasteiger partial charge in [-0.3, -0.25) is 9.59 Å². The average Bonchev–Trinajstić information content (AvgIpc) is 2.58. The molecule has 1 aromatic heterocycles. The molecule has 1 aromatic carbocycles. The topological polar surface area (TPSA) is 63.1 Å². The van der Waals surface area contributed by atoms with Crippen LogP contribution in [-0.2, 0) is 6.54 Å². The molecule has 0 atom stereocenters. The van der Waals surface area contributed by atoms with Crippen LogP contribution in [0.3, 0.4) is 0 Å². The fourth-order valence-corrected chi connectivity index (χ4v) is 2.46. The summed E-state index contributed by atoms with van der Waals surface area (Å²) in [5.41, 5.74) is 1.12. The highest BCUT2D eigenvalue weighted by Gasteiger charge is 2.08. The van der Waals surface area contributed by atoms with Crippen molar-refractivity contribution in [3.05, 3.63) is 69.1 Å². The zero-order chi connectivity index (χ0) is 17.4. The summed E-state index contributed by atoms with van der Waals surface area (Å²) in [7, 11) is 0. The van der Waals surface area contributed by atoms with Crippen molar-refractivity contribution < 1.29 is 4.79 Å². The Morgan fingerprint density at radius 3 is 2.60 bits per heavy atom. The van der Waals surface area contributed by atoms with E-state index in [9.17, 15) is 9.59 Å². The van der Waals surface area contributed by atoms with E-state index in [0.717, 1.165) is 25.1 Å². The molecular formula is C18H23Cl2N3O2. The van der Waals surface area contributed by atoms with Gasteiger partial charge in [-0.05, 0) is 30.7 Å². The Balaban J connectivity index is 0.00000312. The van der Waals surface area contributed by atoms with Crippen LogP contribution in [0.15, 0.2) is 47.4 Å². The highest BCUT2D eigenvalue weighted by molar-refractivity contribution is 6.31. The number of amides is 1. The van der Waals surface area contributed by atoms with Crippen LogP contribution in [0.25, 0.3) is 0 Å². The Bertz CT molecular complexity index is 747. The summed E-state index contributed by atoms with van der Waals surface area (Å²) in [6.07, 6.45) is 2.63. The first kappa shape index (κ1) is 21.2. The SMILES string of the molecule is CCCNCCNC(=O)c1ccc(=O)n(Cc2ccccc2Cl)c1.Cl. The Morgan fingerprint density at radius 1 is 1.12 bits per heavy atom. The van der Waals surface area contributed by atoms with Crippen molar-refractivity contribution in [2.24, 2.45) is 0 Å². The minimum atomic E-state index is -0.193. The molecule has 0 radical (unpaired) electrons. The summed E-state index contributed by atoms with van der Waals surface area (Å²) >= 11 is 6.14. The number of halogens is 2. The molecule has 1 amide bonds. The van der Waals surface area contributed by atoms with Crippen molar-refractivity contribution in [3.63, 3.8) is 0 Å². The first-order valence-electron chi connectivity index (χ1n) is 8.04. The normalized spacial score (nSPS) is 10.2. The zero-order valence-corrected chi connectivity index (χ0v) is 15.7. The van der Waals surface area contributed by atoms with E-state index in [4.69, 9.17) is 11.6 Å². The Labute approximate surface area is 158 Å². The number of nitrogens with one attached hydrogen (secondary N) is 2. The van der Waals surface area contributed by atoms with Crippen LogP contribution in [0.5, 0.6) is 0 Å². The summed E-state index contributed by atoms with van der Waals surface area (Å²) in [6, 6.07) is 10.3. The maximum absolute atomic E-state index is 12.2. The van der Waals surface area contributed by atoms with Gasteiger partial charge in [0.25, 0.3) is 11.5 Å². The van der Waals surface area contributed by atoms with Crippen LogP contribution in [0, 0.1) is 0 Å². The molecular weight excluding hydrogens is 361 g/mol. The molecule has 136 valence electrons. The van der Waals surface area contributed by atoms with E-state index in [2.05, 4.69) is 17.6 Å². The van der Waals surface area contributed by atoms with E-state index in [0.29, 0.717) is 23.7 Å². The summed E-state index contributed by atoms with van der Waals surface area (Å²) in [4.78, 5) is 24.2. The zero-order valence-electron chi connectivity index (χ0n) is 14.1. The Morgan fingerprint density at radius 2 is 1.88 bits per heavy atom. The minimum Gasteiger partial charge on any atom is -0.351 e. The lowest BCUT2D eigenvalue weighted by molar-refractivity contribution is 0.0953. The molecule has 2 N–H and O–H groups in total. The Kier molecular flexibility index (Phi) is 9.27. The number of hydrogen-bond donors (Lipinski definition) is 2. The van der Waals surface area contributed by atoms with Crippen molar-refractivity contribution >= 4 is 29.9 Å². The van der Waals surface area contributed by atoms with Gasteiger partial charge in [0.2, 0.25) is 0 Å². The third-order valence-corrected chi connectivity index (χ3v) is 3.93. The van der Waals surface area contributed by atoms with Crippen molar-refractivity contribution in [1.29, 1.82) is 0 Å². The monoisotopic (exact) mass is 383 g/mol. The van der Waals surface area contributed by atoms with Crippen LogP contribution in [0.2, 0.25) is 5.02 Å². The van der Waals surface area contributed by atoms with E-state index in [1.807, 2.05) is 18.2 Å². The number of rotatable bonds is 8. The second-order valence-electron chi connectivity index (χ2n) is 5.48. The number of benzene rings is 1. The van der Waals surface area contributed by atoms with E-state index < -0.39 is 0 Å². The van der Waals surface area contributed by atoms with Crippen LogP contribution in [0.1, 0.15) is 29.3 Å². The molecule has 2 aromatic rings. The number of aromatic nitrogens is 1. The average molecular weight is 384 g/mol. The second kappa shape index (κ2) is 10.9. The number of carbonyl (C=O) groups is 1. The predicted molar refractivity (Wildman–Crippen MR) is 104 cm³/mol. The van der Waals surface area contributed by atoms with Gasteiger partial charge in [0.1, 0.15) is 0 Å². The summed E-state index contributed by atoms with van der Waals surface area (Å²) < 4.78 is 1.49. The third-order valence-electron chi connectivity index (χ3n) is 3.56. The number of hydrogen-bond acceptors (Lipinski definition) is 3. The molecule has 0 spiro atoms. The van der Waals surface area contributed by atoms with Crippen LogP contribution in [-0.4, -0.2) is 30.1 Å². The molecule has 2 rings (SSSR count). The molecule has 0 aliphatic rings. The highest BCUT2D eigenvalue weighted by atomic mass is 35.5. The lowest BCUT2D eigenvalue weighted by Crippen LogP contribution is -2.33. The van der Waals surface area contributed by atoms with E-state index >= 15 is 0 Å². The number of pyridine rings is 1. The fourth-order valence-electron chi connectivity index (χ4n) is 2.27. The molecule has 0 aliphatic heterocycles. The number of nitrogens with zero attached hydrogens (tertiary/aromatic N) is 1. The van der Waals surface area contributed by atoms with Gasteiger partial charge in [0, 0.05) is 30.4 Å². The summed E-state index contributed by atoms with van der Waals surface area (Å²) in [5, 5.41) is 6.65. The predicted octanol–water partition coefficient (Wildman–Crippen LogP) is 2.70. The van der Waals surface area contributed by atoms with Gasteiger partial charge < -0.3 is 15.2 Å². The quantitative estimate of drug-likeness (QED) is 0.688. The lowest BCUT2D eigenvalue weighted by atomic mass is 10.2. The van der Waals surface area contributed by atoms with Gasteiger partial charge >= 0.3 is 0 Å². The Hall–Kier alpha value is -1.82. The molecule has 0 fully saturated rings. The molecule has 0 aliphatic carbocycles. The molecule has 25 heavy (non-hydrogen) atoms. The molecule has 0 saturated heterocycles. The van der Waals surface area contributed by atoms with Crippen molar-refractivity contribution in [2.75, 3.05) is 19.6 Å². The third kappa shape index (κ3) is 6.53. The molecule has 5 nitrogen and oxygen atoms in total. The van der Waals surface area contributed by atoms with Gasteiger partial charge in [0.05, 0.1) is 12.1 Å². The highest BCUT2D eigenvalue weighted by Crippen LogP contribution is 2.15. The number of carbonyl (C=O) groups excluding carboxylic acids is 1. The van der Waals surface area contributed by atoms with Gasteiger partial charge in [-0.15, -0.1) is 12.4 Å². The van der Waals surface area contributed by atoms with Gasteiger partial charge in [-0.1, -0.05) is 36.7 Å². The van der Waals surface area contributed by atoms with Crippen molar-refractivity contribution in [3.8, 4) is 0 Å². The largest absolute Gasteiger partial charge is 0.351 e. The molecule has 7 heteroatoms. The molecule has 0 bridgehead atoms. The smallest absolute Gasteiger partial charge is 0.252 e. The molecule has 0 unspecified atom stereocenters. The van der Waals surface area contributed by atoms with Gasteiger partial charge in [-0.25, -0.2) is 0 Å². The van der Waals surface area contributed by atoms with Gasteiger partial charge in [-0.2, -0.15) is 0 Å². The van der Waals surface area contributed by atoms with Crippen LogP contribution in [0.4, 0.5) is 0 Å². The molecule has 0 saturated carbocycles.